The second kappa shape index (κ2) is 6.78. The highest BCUT2D eigenvalue weighted by Crippen LogP contribution is 2.18. The predicted octanol–water partition coefficient (Wildman–Crippen LogP) is 1.45. The predicted molar refractivity (Wildman–Crippen MR) is 74.0 cm³/mol. The summed E-state index contributed by atoms with van der Waals surface area (Å²) in [5.74, 6) is 0.671. The Hall–Kier alpha value is -1.04. The van der Waals surface area contributed by atoms with Crippen molar-refractivity contribution in [2.75, 3.05) is 50.4 Å². The minimum Gasteiger partial charge on any atom is -0.396 e. The number of anilines is 2. The Balaban J connectivity index is 1.69. The number of aromatic nitrogens is 1. The highest BCUT2D eigenvalue weighted by Gasteiger charge is 2.09. The molecule has 0 amide bonds. The lowest BCUT2D eigenvalue weighted by molar-refractivity contribution is 0.0378. The second-order valence-corrected chi connectivity index (χ2v) is 4.69. The van der Waals surface area contributed by atoms with Gasteiger partial charge in [-0.1, -0.05) is 11.6 Å². The molecule has 0 unspecified atom stereocenters. The van der Waals surface area contributed by atoms with Gasteiger partial charge in [0.25, 0.3) is 0 Å². The van der Waals surface area contributed by atoms with Gasteiger partial charge in [0.2, 0.25) is 0 Å². The number of rotatable bonds is 5. The quantitative estimate of drug-likeness (QED) is 0.626. The molecule has 0 saturated carbocycles. The summed E-state index contributed by atoms with van der Waals surface area (Å²) in [7, 11) is 0. The SMILES string of the molecule is Nc1ccc(Cl)nc1NCCCN1CCOCC1. The first-order valence-corrected chi connectivity index (χ1v) is 6.59. The van der Waals surface area contributed by atoms with Gasteiger partial charge in [-0.2, -0.15) is 0 Å². The molecule has 1 aromatic rings. The van der Waals surface area contributed by atoms with Gasteiger partial charge in [-0.15, -0.1) is 0 Å². The van der Waals surface area contributed by atoms with E-state index in [1.165, 1.54) is 0 Å². The highest BCUT2D eigenvalue weighted by atomic mass is 35.5. The zero-order chi connectivity index (χ0) is 12.8. The summed E-state index contributed by atoms with van der Waals surface area (Å²) in [6.07, 6.45) is 1.05. The Labute approximate surface area is 112 Å². The topological polar surface area (TPSA) is 63.4 Å². The van der Waals surface area contributed by atoms with Gasteiger partial charge in [0.05, 0.1) is 18.9 Å². The number of ether oxygens (including phenoxy) is 1. The van der Waals surface area contributed by atoms with Gasteiger partial charge in [-0.05, 0) is 25.1 Å². The monoisotopic (exact) mass is 270 g/mol. The van der Waals surface area contributed by atoms with Crippen molar-refractivity contribution in [2.24, 2.45) is 0 Å². The van der Waals surface area contributed by atoms with Crippen LogP contribution in [0.1, 0.15) is 6.42 Å². The number of halogens is 1. The Bertz CT molecular complexity index is 382. The van der Waals surface area contributed by atoms with Crippen LogP contribution in [0.15, 0.2) is 12.1 Å². The Morgan fingerprint density at radius 1 is 1.39 bits per heavy atom. The lowest BCUT2D eigenvalue weighted by Gasteiger charge is -2.26. The van der Waals surface area contributed by atoms with Crippen LogP contribution in [0.4, 0.5) is 11.5 Å². The van der Waals surface area contributed by atoms with Crippen molar-refractivity contribution in [3.05, 3.63) is 17.3 Å². The summed E-state index contributed by atoms with van der Waals surface area (Å²) in [6.45, 7) is 5.65. The van der Waals surface area contributed by atoms with Crippen molar-refractivity contribution in [3.8, 4) is 0 Å². The van der Waals surface area contributed by atoms with E-state index in [9.17, 15) is 0 Å². The summed E-state index contributed by atoms with van der Waals surface area (Å²) >= 11 is 5.82. The second-order valence-electron chi connectivity index (χ2n) is 4.31. The van der Waals surface area contributed by atoms with Gasteiger partial charge in [0.1, 0.15) is 5.15 Å². The number of nitrogens with two attached hydrogens (primary N) is 1. The molecule has 0 bridgehead atoms. The summed E-state index contributed by atoms with van der Waals surface area (Å²) in [5, 5.41) is 3.67. The molecule has 5 nitrogen and oxygen atoms in total. The molecule has 2 heterocycles. The van der Waals surface area contributed by atoms with E-state index in [-0.39, 0.29) is 0 Å². The van der Waals surface area contributed by atoms with E-state index in [1.807, 2.05) is 0 Å². The smallest absolute Gasteiger partial charge is 0.150 e. The van der Waals surface area contributed by atoms with Crippen molar-refractivity contribution in [3.63, 3.8) is 0 Å². The molecule has 0 radical (unpaired) electrons. The minimum absolute atomic E-state index is 0.458. The maximum absolute atomic E-state index is 5.82. The molecule has 1 aliphatic rings. The molecule has 2 rings (SSSR count). The lowest BCUT2D eigenvalue weighted by Crippen LogP contribution is -2.37. The fourth-order valence-electron chi connectivity index (χ4n) is 1.92. The van der Waals surface area contributed by atoms with Crippen LogP contribution in [0, 0.1) is 0 Å². The molecule has 3 N–H and O–H groups in total. The van der Waals surface area contributed by atoms with Gasteiger partial charge >= 0.3 is 0 Å². The zero-order valence-corrected chi connectivity index (χ0v) is 11.1. The standard InChI is InChI=1S/C12H19ClN4O/c13-11-3-2-10(14)12(16-11)15-4-1-5-17-6-8-18-9-7-17/h2-3H,1,4-9,14H2,(H,15,16). The van der Waals surface area contributed by atoms with Gasteiger partial charge in [-0.25, -0.2) is 4.98 Å². The number of nitrogen functional groups attached to an aromatic ring is 1. The van der Waals surface area contributed by atoms with Gasteiger partial charge in [-0.3, -0.25) is 4.90 Å². The zero-order valence-electron chi connectivity index (χ0n) is 10.4. The van der Waals surface area contributed by atoms with Crippen LogP contribution in [-0.2, 0) is 4.74 Å². The molecule has 1 aromatic heterocycles. The molecule has 0 atom stereocenters. The molecule has 1 fully saturated rings. The molecular weight excluding hydrogens is 252 g/mol. The summed E-state index contributed by atoms with van der Waals surface area (Å²) in [6, 6.07) is 3.45. The number of hydrogen-bond acceptors (Lipinski definition) is 5. The molecule has 1 aliphatic heterocycles. The minimum atomic E-state index is 0.458. The maximum Gasteiger partial charge on any atom is 0.150 e. The number of pyridine rings is 1. The fraction of sp³-hybridized carbons (Fsp3) is 0.583. The lowest BCUT2D eigenvalue weighted by atomic mass is 10.3. The van der Waals surface area contributed by atoms with E-state index in [4.69, 9.17) is 22.1 Å². The Morgan fingerprint density at radius 2 is 2.17 bits per heavy atom. The Kier molecular flexibility index (Phi) is 5.04. The van der Waals surface area contributed by atoms with Crippen LogP contribution in [0.25, 0.3) is 0 Å². The molecule has 0 aliphatic carbocycles. The van der Waals surface area contributed by atoms with Crippen LogP contribution < -0.4 is 11.1 Å². The normalized spacial score (nSPS) is 16.7. The van der Waals surface area contributed by atoms with Crippen molar-refractivity contribution in [1.29, 1.82) is 0 Å². The van der Waals surface area contributed by atoms with E-state index in [1.54, 1.807) is 12.1 Å². The third-order valence-corrected chi connectivity index (χ3v) is 3.15. The molecule has 1 saturated heterocycles. The van der Waals surface area contributed by atoms with Gasteiger partial charge < -0.3 is 15.8 Å². The van der Waals surface area contributed by atoms with Gasteiger partial charge in [0, 0.05) is 19.6 Å². The molecule has 18 heavy (non-hydrogen) atoms. The third-order valence-electron chi connectivity index (χ3n) is 2.94. The number of nitrogens with zero attached hydrogens (tertiary/aromatic N) is 2. The van der Waals surface area contributed by atoms with E-state index in [0.29, 0.717) is 16.7 Å². The Morgan fingerprint density at radius 3 is 2.94 bits per heavy atom. The fourth-order valence-corrected chi connectivity index (χ4v) is 2.07. The first-order valence-electron chi connectivity index (χ1n) is 6.22. The largest absolute Gasteiger partial charge is 0.396 e. The molecular formula is C12H19ClN4O. The van der Waals surface area contributed by atoms with Crippen LogP contribution >= 0.6 is 11.6 Å². The highest BCUT2D eigenvalue weighted by molar-refractivity contribution is 6.29. The van der Waals surface area contributed by atoms with E-state index < -0.39 is 0 Å². The average molecular weight is 271 g/mol. The van der Waals surface area contributed by atoms with Crippen LogP contribution in [-0.4, -0.2) is 49.3 Å². The van der Waals surface area contributed by atoms with Crippen molar-refractivity contribution >= 4 is 23.1 Å². The molecule has 6 heteroatoms. The van der Waals surface area contributed by atoms with Crippen LogP contribution in [0.2, 0.25) is 5.15 Å². The van der Waals surface area contributed by atoms with E-state index in [0.717, 1.165) is 45.8 Å². The van der Waals surface area contributed by atoms with Crippen LogP contribution in [0.3, 0.4) is 0 Å². The van der Waals surface area contributed by atoms with Gasteiger partial charge in [0.15, 0.2) is 5.82 Å². The maximum atomic E-state index is 5.82. The number of nitrogens with one attached hydrogen (secondary N) is 1. The van der Waals surface area contributed by atoms with E-state index >= 15 is 0 Å². The van der Waals surface area contributed by atoms with Crippen molar-refractivity contribution < 1.29 is 4.74 Å². The number of morpholine rings is 1. The first kappa shape index (κ1) is 13.4. The molecule has 100 valence electrons. The van der Waals surface area contributed by atoms with Crippen LogP contribution in [0.5, 0.6) is 0 Å². The first-order chi connectivity index (χ1) is 8.75. The number of hydrogen-bond donors (Lipinski definition) is 2. The summed E-state index contributed by atoms with van der Waals surface area (Å²) < 4.78 is 5.31. The van der Waals surface area contributed by atoms with Crippen molar-refractivity contribution in [1.82, 2.24) is 9.88 Å². The van der Waals surface area contributed by atoms with E-state index in [2.05, 4.69) is 15.2 Å². The molecule has 0 aromatic carbocycles. The average Bonchev–Trinajstić information content (AvgIpc) is 2.40. The third kappa shape index (κ3) is 4.01. The van der Waals surface area contributed by atoms with Crippen molar-refractivity contribution in [2.45, 2.75) is 6.42 Å². The summed E-state index contributed by atoms with van der Waals surface area (Å²) in [4.78, 5) is 6.56. The summed E-state index contributed by atoms with van der Waals surface area (Å²) in [5.41, 5.74) is 6.43. The molecule has 0 spiro atoms.